The van der Waals surface area contributed by atoms with E-state index in [1.54, 1.807) is 0 Å². The van der Waals surface area contributed by atoms with Crippen molar-refractivity contribution >= 4 is 5.91 Å². The third kappa shape index (κ3) is 2.79. The fraction of sp³-hybridized carbons (Fsp3) is 0.417. The Morgan fingerprint density at radius 1 is 1.38 bits per heavy atom. The van der Waals surface area contributed by atoms with Crippen molar-refractivity contribution in [1.29, 1.82) is 0 Å². The molecule has 0 saturated carbocycles. The number of amides is 1. The molecule has 1 saturated heterocycles. The van der Waals surface area contributed by atoms with Crippen molar-refractivity contribution in [1.82, 2.24) is 5.32 Å². The van der Waals surface area contributed by atoms with Gasteiger partial charge in [0, 0.05) is 12.2 Å². The van der Waals surface area contributed by atoms with Crippen LogP contribution in [0, 0.1) is 5.82 Å². The second-order valence-corrected chi connectivity index (χ2v) is 3.89. The molecule has 1 fully saturated rings. The molecule has 86 valence electrons. The van der Waals surface area contributed by atoms with Crippen LogP contribution >= 0.6 is 0 Å². The lowest BCUT2D eigenvalue weighted by molar-refractivity contribution is 0.0624. The van der Waals surface area contributed by atoms with Crippen LogP contribution in [0.5, 0.6) is 0 Å². The van der Waals surface area contributed by atoms with E-state index >= 15 is 0 Å². The SMILES string of the molecule is O=C(NC1CCCOC1)c1ccc(F)cc1. The molecule has 1 amide bonds. The van der Waals surface area contributed by atoms with Crippen molar-refractivity contribution in [3.8, 4) is 0 Å². The normalized spacial score (nSPS) is 20.4. The summed E-state index contributed by atoms with van der Waals surface area (Å²) in [6, 6.07) is 5.60. The third-order valence-corrected chi connectivity index (χ3v) is 2.60. The fourth-order valence-corrected chi connectivity index (χ4v) is 1.72. The highest BCUT2D eigenvalue weighted by Crippen LogP contribution is 2.08. The summed E-state index contributed by atoms with van der Waals surface area (Å²) in [6.45, 7) is 1.33. The number of nitrogens with one attached hydrogen (secondary N) is 1. The Morgan fingerprint density at radius 2 is 2.12 bits per heavy atom. The van der Waals surface area contributed by atoms with Crippen LogP contribution in [-0.2, 0) is 4.74 Å². The fourth-order valence-electron chi connectivity index (χ4n) is 1.72. The zero-order valence-electron chi connectivity index (χ0n) is 8.91. The lowest BCUT2D eigenvalue weighted by Gasteiger charge is -2.23. The van der Waals surface area contributed by atoms with Crippen LogP contribution in [0.25, 0.3) is 0 Å². The summed E-state index contributed by atoms with van der Waals surface area (Å²) in [5, 5.41) is 2.87. The predicted molar refractivity (Wildman–Crippen MR) is 57.7 cm³/mol. The van der Waals surface area contributed by atoms with E-state index in [0.29, 0.717) is 12.2 Å². The molecule has 0 radical (unpaired) electrons. The second kappa shape index (κ2) is 5.07. The molecule has 2 rings (SSSR count). The summed E-state index contributed by atoms with van der Waals surface area (Å²) in [6.07, 6.45) is 1.90. The van der Waals surface area contributed by atoms with E-state index in [9.17, 15) is 9.18 Å². The molecule has 1 unspecified atom stereocenters. The van der Waals surface area contributed by atoms with Gasteiger partial charge in [-0.15, -0.1) is 0 Å². The van der Waals surface area contributed by atoms with E-state index in [1.807, 2.05) is 0 Å². The van der Waals surface area contributed by atoms with Crippen LogP contribution in [0.3, 0.4) is 0 Å². The predicted octanol–water partition coefficient (Wildman–Crippen LogP) is 1.73. The maximum Gasteiger partial charge on any atom is 0.251 e. The van der Waals surface area contributed by atoms with E-state index in [0.717, 1.165) is 19.4 Å². The maximum atomic E-state index is 12.7. The van der Waals surface area contributed by atoms with Gasteiger partial charge in [-0.2, -0.15) is 0 Å². The van der Waals surface area contributed by atoms with Crippen LogP contribution in [0.4, 0.5) is 4.39 Å². The molecule has 0 aromatic heterocycles. The molecule has 1 heterocycles. The average molecular weight is 223 g/mol. The van der Waals surface area contributed by atoms with Crippen molar-refractivity contribution in [3.63, 3.8) is 0 Å². The van der Waals surface area contributed by atoms with Crippen molar-refractivity contribution < 1.29 is 13.9 Å². The molecule has 0 aliphatic carbocycles. The first-order valence-corrected chi connectivity index (χ1v) is 5.40. The molecule has 0 spiro atoms. The molecule has 16 heavy (non-hydrogen) atoms. The summed E-state index contributed by atoms with van der Waals surface area (Å²) in [5.41, 5.74) is 0.479. The molecule has 1 aliphatic heterocycles. The molecule has 3 nitrogen and oxygen atoms in total. The molecule has 1 aromatic carbocycles. The molecule has 1 atom stereocenters. The van der Waals surface area contributed by atoms with Crippen molar-refractivity contribution in [3.05, 3.63) is 35.6 Å². The summed E-state index contributed by atoms with van der Waals surface area (Å²) in [4.78, 5) is 11.7. The number of hydrogen-bond acceptors (Lipinski definition) is 2. The van der Waals surface area contributed by atoms with Gasteiger partial charge in [0.1, 0.15) is 5.82 Å². The number of carbonyl (C=O) groups is 1. The van der Waals surface area contributed by atoms with Gasteiger partial charge >= 0.3 is 0 Å². The quantitative estimate of drug-likeness (QED) is 0.829. The van der Waals surface area contributed by atoms with E-state index < -0.39 is 0 Å². The molecule has 0 bridgehead atoms. The van der Waals surface area contributed by atoms with Gasteiger partial charge in [-0.1, -0.05) is 0 Å². The summed E-state index contributed by atoms with van der Waals surface area (Å²) >= 11 is 0. The number of benzene rings is 1. The largest absolute Gasteiger partial charge is 0.379 e. The molecule has 1 aromatic rings. The molecule has 1 aliphatic rings. The van der Waals surface area contributed by atoms with Crippen LogP contribution in [0.15, 0.2) is 24.3 Å². The van der Waals surface area contributed by atoms with Crippen LogP contribution in [0.2, 0.25) is 0 Å². The highest BCUT2D eigenvalue weighted by atomic mass is 19.1. The average Bonchev–Trinajstić information content (AvgIpc) is 2.31. The molecular weight excluding hydrogens is 209 g/mol. The first-order chi connectivity index (χ1) is 7.75. The van der Waals surface area contributed by atoms with Crippen molar-refractivity contribution in [2.24, 2.45) is 0 Å². The van der Waals surface area contributed by atoms with Crippen LogP contribution in [-0.4, -0.2) is 25.2 Å². The highest BCUT2D eigenvalue weighted by molar-refractivity contribution is 5.94. The number of halogens is 1. The van der Waals surface area contributed by atoms with Crippen molar-refractivity contribution in [2.45, 2.75) is 18.9 Å². The Bertz CT molecular complexity index is 358. The van der Waals surface area contributed by atoms with Gasteiger partial charge in [0.25, 0.3) is 5.91 Å². The Labute approximate surface area is 93.6 Å². The van der Waals surface area contributed by atoms with Gasteiger partial charge in [-0.05, 0) is 37.1 Å². The Kier molecular flexibility index (Phi) is 3.51. The zero-order chi connectivity index (χ0) is 11.4. The minimum Gasteiger partial charge on any atom is -0.379 e. The van der Waals surface area contributed by atoms with Gasteiger partial charge in [0.15, 0.2) is 0 Å². The van der Waals surface area contributed by atoms with Crippen molar-refractivity contribution in [2.75, 3.05) is 13.2 Å². The van der Waals surface area contributed by atoms with Crippen LogP contribution < -0.4 is 5.32 Å². The highest BCUT2D eigenvalue weighted by Gasteiger charge is 2.16. The summed E-state index contributed by atoms with van der Waals surface area (Å²) < 4.78 is 17.9. The second-order valence-electron chi connectivity index (χ2n) is 3.89. The molecular formula is C12H14FNO2. The van der Waals surface area contributed by atoms with E-state index in [2.05, 4.69) is 5.32 Å². The summed E-state index contributed by atoms with van der Waals surface area (Å²) in [7, 11) is 0. The Hall–Kier alpha value is -1.42. The maximum absolute atomic E-state index is 12.7. The van der Waals surface area contributed by atoms with Crippen LogP contribution in [0.1, 0.15) is 23.2 Å². The van der Waals surface area contributed by atoms with E-state index in [4.69, 9.17) is 4.74 Å². The monoisotopic (exact) mass is 223 g/mol. The lowest BCUT2D eigenvalue weighted by Crippen LogP contribution is -2.40. The summed E-state index contributed by atoms with van der Waals surface area (Å²) in [5.74, 6) is -0.506. The van der Waals surface area contributed by atoms with Gasteiger partial charge < -0.3 is 10.1 Å². The number of hydrogen-bond donors (Lipinski definition) is 1. The van der Waals surface area contributed by atoms with Gasteiger partial charge in [0.05, 0.1) is 12.6 Å². The number of ether oxygens (including phenoxy) is 1. The molecule has 1 N–H and O–H groups in total. The van der Waals surface area contributed by atoms with Gasteiger partial charge in [0.2, 0.25) is 0 Å². The number of carbonyl (C=O) groups excluding carboxylic acids is 1. The van der Waals surface area contributed by atoms with E-state index in [1.165, 1.54) is 24.3 Å². The Balaban J connectivity index is 1.94. The van der Waals surface area contributed by atoms with Gasteiger partial charge in [-0.25, -0.2) is 4.39 Å². The zero-order valence-corrected chi connectivity index (χ0v) is 8.91. The minimum atomic E-state index is -0.336. The topological polar surface area (TPSA) is 38.3 Å². The molecule has 4 heteroatoms. The standard InChI is InChI=1S/C12H14FNO2/c13-10-5-3-9(4-6-10)12(15)14-11-2-1-7-16-8-11/h3-6,11H,1-2,7-8H2,(H,14,15). The van der Waals surface area contributed by atoms with Gasteiger partial charge in [-0.3, -0.25) is 4.79 Å². The first kappa shape index (κ1) is 11.1. The first-order valence-electron chi connectivity index (χ1n) is 5.40. The smallest absolute Gasteiger partial charge is 0.251 e. The Morgan fingerprint density at radius 3 is 2.75 bits per heavy atom. The van der Waals surface area contributed by atoms with E-state index in [-0.39, 0.29) is 17.8 Å². The number of rotatable bonds is 2. The third-order valence-electron chi connectivity index (χ3n) is 2.60. The minimum absolute atomic E-state index is 0.0753. The lowest BCUT2D eigenvalue weighted by atomic mass is 10.1.